The molecular weight excluding hydrogens is 508 g/mol. The summed E-state index contributed by atoms with van der Waals surface area (Å²) < 4.78 is 63.2. The van der Waals surface area contributed by atoms with Crippen LogP contribution in [0.3, 0.4) is 0 Å². The Labute approximate surface area is 181 Å². The van der Waals surface area contributed by atoms with Gasteiger partial charge in [-0.25, -0.2) is 8.42 Å². The molecule has 1 aromatic carbocycles. The maximum atomic E-state index is 12.6. The van der Waals surface area contributed by atoms with E-state index in [0.29, 0.717) is 38.4 Å². The van der Waals surface area contributed by atoms with Crippen molar-refractivity contribution in [1.29, 1.82) is 0 Å². The number of hydrogen-bond acceptors (Lipinski definition) is 3. The summed E-state index contributed by atoms with van der Waals surface area (Å²) in [4.78, 5) is 4.19. The van der Waals surface area contributed by atoms with E-state index in [1.165, 1.54) is 11.4 Å². The zero-order chi connectivity index (χ0) is 19.9. The Morgan fingerprint density at radius 3 is 2.32 bits per heavy atom. The number of rotatable bonds is 6. The van der Waals surface area contributed by atoms with Crippen LogP contribution in [0.5, 0.6) is 0 Å². The molecule has 28 heavy (non-hydrogen) atoms. The molecule has 0 radical (unpaired) electrons. The van der Waals surface area contributed by atoms with Gasteiger partial charge < -0.3 is 10.6 Å². The number of hydrogen-bond donors (Lipinski definition) is 2. The van der Waals surface area contributed by atoms with Gasteiger partial charge in [-0.1, -0.05) is 18.2 Å². The van der Waals surface area contributed by atoms with Crippen molar-refractivity contribution in [3.63, 3.8) is 0 Å². The van der Waals surface area contributed by atoms with Gasteiger partial charge in [-0.2, -0.15) is 17.5 Å². The highest BCUT2D eigenvalue weighted by atomic mass is 127. The fourth-order valence-corrected chi connectivity index (χ4v) is 4.37. The lowest BCUT2D eigenvalue weighted by Gasteiger charge is -2.31. The molecule has 0 atom stereocenters. The molecule has 6 nitrogen and oxygen atoms in total. The molecule has 1 aliphatic rings. The molecule has 0 bridgehead atoms. The summed E-state index contributed by atoms with van der Waals surface area (Å²) in [6, 6.07) is 8.33. The topological polar surface area (TPSA) is 73.8 Å². The van der Waals surface area contributed by atoms with Gasteiger partial charge >= 0.3 is 6.18 Å². The predicted molar refractivity (Wildman–Crippen MR) is 113 cm³/mol. The Morgan fingerprint density at radius 1 is 1.18 bits per heavy atom. The van der Waals surface area contributed by atoms with Gasteiger partial charge in [-0.05, 0) is 30.9 Å². The van der Waals surface area contributed by atoms with Gasteiger partial charge in [0.2, 0.25) is 10.0 Å². The van der Waals surface area contributed by atoms with Crippen molar-refractivity contribution in [1.82, 2.24) is 14.9 Å². The highest BCUT2D eigenvalue weighted by Crippen LogP contribution is 2.23. The Kier molecular flexibility index (Phi) is 9.98. The maximum absolute atomic E-state index is 12.6. The monoisotopic (exact) mass is 534 g/mol. The molecule has 0 spiro atoms. The number of nitrogens with one attached hydrogen (secondary N) is 2. The minimum atomic E-state index is -4.21. The minimum absolute atomic E-state index is 0. The van der Waals surface area contributed by atoms with E-state index in [0.717, 1.165) is 0 Å². The second kappa shape index (κ2) is 11.2. The number of nitrogens with zero attached hydrogens (tertiary/aromatic N) is 2. The third kappa shape index (κ3) is 7.74. The normalized spacial score (nSPS) is 17.1. The molecule has 0 saturated carbocycles. The van der Waals surface area contributed by atoms with Crippen molar-refractivity contribution in [2.24, 2.45) is 10.9 Å². The van der Waals surface area contributed by atoms with Crippen LogP contribution in [0.25, 0.3) is 0 Å². The number of benzene rings is 1. The average Bonchev–Trinajstić information content (AvgIpc) is 2.64. The molecular formula is C17H26F3IN4O2S. The van der Waals surface area contributed by atoms with E-state index in [1.807, 2.05) is 0 Å². The van der Waals surface area contributed by atoms with Crippen molar-refractivity contribution < 1.29 is 21.6 Å². The Morgan fingerprint density at radius 2 is 1.79 bits per heavy atom. The number of sulfonamides is 1. The van der Waals surface area contributed by atoms with E-state index in [1.54, 1.807) is 30.3 Å². The largest absolute Gasteiger partial charge is 0.390 e. The van der Waals surface area contributed by atoms with Crippen LogP contribution >= 0.6 is 24.0 Å². The molecule has 1 aliphatic heterocycles. The standard InChI is InChI=1S/C17H25F3N4O2S.HI/c1-21-16(22-10-9-17(18,19)20)23-13-14-7-11-24(12-8-14)27(25,26)15-5-3-2-4-6-15;/h2-6,14H,7-13H2,1H3,(H2,21,22,23);1H. The van der Waals surface area contributed by atoms with Crippen molar-refractivity contribution in [2.45, 2.75) is 30.3 Å². The fourth-order valence-electron chi connectivity index (χ4n) is 2.88. The summed E-state index contributed by atoms with van der Waals surface area (Å²) in [6.45, 7) is 1.13. The van der Waals surface area contributed by atoms with Gasteiger partial charge in [0.25, 0.3) is 0 Å². The number of guanidine groups is 1. The van der Waals surface area contributed by atoms with Gasteiger partial charge in [0.05, 0.1) is 11.3 Å². The highest BCUT2D eigenvalue weighted by molar-refractivity contribution is 14.0. The first-order valence-corrected chi connectivity index (χ1v) is 10.2. The van der Waals surface area contributed by atoms with E-state index in [4.69, 9.17) is 0 Å². The third-order valence-corrected chi connectivity index (χ3v) is 6.35. The molecule has 160 valence electrons. The van der Waals surface area contributed by atoms with E-state index in [2.05, 4.69) is 15.6 Å². The minimum Gasteiger partial charge on any atom is -0.356 e. The maximum Gasteiger partial charge on any atom is 0.390 e. The molecule has 1 aromatic rings. The molecule has 1 fully saturated rings. The van der Waals surface area contributed by atoms with Gasteiger partial charge in [0.1, 0.15) is 0 Å². The van der Waals surface area contributed by atoms with Gasteiger partial charge in [-0.15, -0.1) is 24.0 Å². The van der Waals surface area contributed by atoms with Crippen molar-refractivity contribution >= 4 is 40.0 Å². The second-order valence-corrected chi connectivity index (χ2v) is 8.34. The highest BCUT2D eigenvalue weighted by Gasteiger charge is 2.29. The molecule has 2 N–H and O–H groups in total. The van der Waals surface area contributed by atoms with Crippen LogP contribution in [0.2, 0.25) is 0 Å². The summed E-state index contributed by atoms with van der Waals surface area (Å²) in [5.74, 6) is 0.548. The number of halogens is 4. The lowest BCUT2D eigenvalue weighted by atomic mass is 9.98. The van der Waals surface area contributed by atoms with Crippen LogP contribution in [0.15, 0.2) is 40.2 Å². The van der Waals surface area contributed by atoms with E-state index < -0.39 is 22.6 Å². The molecule has 1 heterocycles. The SMILES string of the molecule is CN=C(NCCC(F)(F)F)NCC1CCN(S(=O)(=O)c2ccccc2)CC1.I. The van der Waals surface area contributed by atoms with E-state index in [9.17, 15) is 21.6 Å². The van der Waals surface area contributed by atoms with E-state index >= 15 is 0 Å². The summed E-state index contributed by atoms with van der Waals surface area (Å²) in [6.07, 6.45) is -3.77. The van der Waals surface area contributed by atoms with Crippen LogP contribution in [-0.2, 0) is 10.0 Å². The second-order valence-electron chi connectivity index (χ2n) is 6.41. The lowest BCUT2D eigenvalue weighted by Crippen LogP contribution is -2.44. The summed E-state index contributed by atoms with van der Waals surface area (Å²) in [5.41, 5.74) is 0. The molecule has 0 amide bonds. The molecule has 0 aromatic heterocycles. The average molecular weight is 534 g/mol. The molecule has 1 saturated heterocycles. The van der Waals surface area contributed by atoms with Gasteiger partial charge in [-0.3, -0.25) is 4.99 Å². The van der Waals surface area contributed by atoms with Crippen molar-refractivity contribution in [3.8, 4) is 0 Å². The third-order valence-electron chi connectivity index (χ3n) is 4.44. The van der Waals surface area contributed by atoms with Crippen LogP contribution in [0, 0.1) is 5.92 Å². The van der Waals surface area contributed by atoms with E-state index in [-0.39, 0.29) is 41.3 Å². The number of alkyl halides is 3. The molecule has 0 unspecified atom stereocenters. The first-order valence-electron chi connectivity index (χ1n) is 8.79. The van der Waals surface area contributed by atoms with Crippen LogP contribution in [0.1, 0.15) is 19.3 Å². The lowest BCUT2D eigenvalue weighted by molar-refractivity contribution is -0.132. The summed E-state index contributed by atoms with van der Waals surface area (Å²) in [5, 5.41) is 5.65. The molecule has 11 heteroatoms. The number of aliphatic imine (C=N–C) groups is 1. The zero-order valence-electron chi connectivity index (χ0n) is 15.6. The first kappa shape index (κ1) is 25.0. The smallest absolute Gasteiger partial charge is 0.356 e. The Bertz CT molecular complexity index is 722. The zero-order valence-corrected chi connectivity index (χ0v) is 18.7. The van der Waals surface area contributed by atoms with Crippen LogP contribution in [-0.4, -0.2) is 58.1 Å². The van der Waals surface area contributed by atoms with Crippen LogP contribution < -0.4 is 10.6 Å². The summed E-state index contributed by atoms with van der Waals surface area (Å²) >= 11 is 0. The fraction of sp³-hybridized carbons (Fsp3) is 0.588. The van der Waals surface area contributed by atoms with Gasteiger partial charge in [0.15, 0.2) is 5.96 Å². The molecule has 0 aliphatic carbocycles. The number of piperidine rings is 1. The van der Waals surface area contributed by atoms with Gasteiger partial charge in [0, 0.05) is 33.2 Å². The summed E-state index contributed by atoms with van der Waals surface area (Å²) in [7, 11) is -1.98. The predicted octanol–water partition coefficient (Wildman–Crippen LogP) is 2.82. The Balaban J connectivity index is 0.00000392. The molecule has 2 rings (SSSR count). The Hall–Kier alpha value is -1.08. The van der Waals surface area contributed by atoms with Crippen molar-refractivity contribution in [3.05, 3.63) is 30.3 Å². The van der Waals surface area contributed by atoms with Crippen LogP contribution in [0.4, 0.5) is 13.2 Å². The van der Waals surface area contributed by atoms with Crippen molar-refractivity contribution in [2.75, 3.05) is 33.2 Å². The first-order chi connectivity index (χ1) is 12.7. The quantitative estimate of drug-likeness (QED) is 0.335.